The molecule has 1 aliphatic carbocycles. The van der Waals surface area contributed by atoms with Gasteiger partial charge in [-0.1, -0.05) is 6.92 Å². The molecule has 1 fully saturated rings. The minimum absolute atomic E-state index is 0.216. The molecule has 56 valence electrons. The van der Waals surface area contributed by atoms with Gasteiger partial charge in [-0.3, -0.25) is 9.59 Å². The molecule has 0 heterocycles. The molecular weight excluding hydrogens is 135 g/mol. The van der Waals surface area contributed by atoms with Gasteiger partial charge in [-0.05, 0) is 6.42 Å². The van der Waals surface area contributed by atoms with E-state index in [-0.39, 0.29) is 12.3 Å². The predicted molar refractivity (Wildman–Crippen MR) is 33.3 cm³/mol. The summed E-state index contributed by atoms with van der Waals surface area (Å²) in [6.07, 6.45) is -1.10. The van der Waals surface area contributed by atoms with Gasteiger partial charge in [0.05, 0.1) is 0 Å². The largest absolute Gasteiger partial charge is 0.296 e. The molecule has 0 aromatic carbocycles. The van der Waals surface area contributed by atoms with Crippen molar-refractivity contribution in [3.05, 3.63) is 0 Å². The monoisotopic (exact) mass is 144 g/mol. The van der Waals surface area contributed by atoms with E-state index in [0.29, 0.717) is 6.42 Å². The molecule has 0 N–H and O–H groups in total. The van der Waals surface area contributed by atoms with Crippen LogP contribution in [0.25, 0.3) is 0 Å². The maximum absolute atomic E-state index is 12.5. The maximum atomic E-state index is 12.5. The second-order valence-electron chi connectivity index (χ2n) is 2.67. The van der Waals surface area contributed by atoms with Crippen molar-refractivity contribution in [2.45, 2.75) is 25.9 Å². The fourth-order valence-corrected chi connectivity index (χ4v) is 1.04. The van der Waals surface area contributed by atoms with E-state index in [9.17, 15) is 14.0 Å². The van der Waals surface area contributed by atoms with Gasteiger partial charge in [-0.2, -0.15) is 0 Å². The summed E-state index contributed by atoms with van der Waals surface area (Å²) in [6.45, 7) is 1.65. The van der Waals surface area contributed by atoms with Crippen LogP contribution in [-0.2, 0) is 9.59 Å². The second kappa shape index (κ2) is 2.48. The Morgan fingerprint density at radius 1 is 1.50 bits per heavy atom. The van der Waals surface area contributed by atoms with Gasteiger partial charge < -0.3 is 0 Å². The van der Waals surface area contributed by atoms with Crippen molar-refractivity contribution in [2.24, 2.45) is 5.92 Å². The van der Waals surface area contributed by atoms with Gasteiger partial charge in [-0.15, -0.1) is 0 Å². The minimum atomic E-state index is -1.83. The van der Waals surface area contributed by atoms with Gasteiger partial charge in [0.2, 0.25) is 6.17 Å². The molecule has 0 spiro atoms. The van der Waals surface area contributed by atoms with Crippen LogP contribution in [0, 0.1) is 5.92 Å². The van der Waals surface area contributed by atoms with Crippen LogP contribution in [0.5, 0.6) is 0 Å². The minimum Gasteiger partial charge on any atom is -0.296 e. The Balaban J connectivity index is 2.70. The third kappa shape index (κ3) is 1.08. The molecule has 1 saturated carbocycles. The quantitative estimate of drug-likeness (QED) is 0.473. The Bertz CT molecular complexity index is 176. The summed E-state index contributed by atoms with van der Waals surface area (Å²) < 4.78 is 12.5. The molecule has 2 nitrogen and oxygen atoms in total. The van der Waals surface area contributed by atoms with Crippen LogP contribution in [0.2, 0.25) is 0 Å². The Labute approximate surface area is 58.4 Å². The summed E-state index contributed by atoms with van der Waals surface area (Å²) in [6, 6.07) is 0. The second-order valence-corrected chi connectivity index (χ2v) is 2.67. The number of hydrogen-bond acceptors (Lipinski definition) is 2. The zero-order chi connectivity index (χ0) is 7.72. The lowest BCUT2D eigenvalue weighted by molar-refractivity contribution is -0.139. The number of Topliss-reactive ketones (excluding diaryl/α,β-unsaturated/α-hetero) is 2. The number of carbonyl (C=O) groups excluding carboxylic acids is 2. The van der Waals surface area contributed by atoms with Crippen molar-refractivity contribution in [1.29, 1.82) is 0 Å². The summed E-state index contributed by atoms with van der Waals surface area (Å²) in [5.74, 6) is -1.37. The first kappa shape index (κ1) is 7.38. The molecule has 0 aliphatic heterocycles. The molecule has 3 heteroatoms. The zero-order valence-corrected chi connectivity index (χ0v) is 5.76. The summed E-state index contributed by atoms with van der Waals surface area (Å²) in [4.78, 5) is 21.3. The van der Waals surface area contributed by atoms with E-state index in [0.717, 1.165) is 0 Å². The summed E-state index contributed by atoms with van der Waals surface area (Å²) in [5, 5.41) is 0. The standard InChI is InChI=1S/C7H9FO2/c1-4-2-3-5(9)6(8)7(4)10/h4,6H,2-3H2,1H3. The summed E-state index contributed by atoms with van der Waals surface area (Å²) in [5.41, 5.74) is 0. The van der Waals surface area contributed by atoms with Gasteiger partial charge in [0.15, 0.2) is 11.6 Å². The number of hydrogen-bond donors (Lipinski definition) is 0. The molecule has 0 aromatic rings. The highest BCUT2D eigenvalue weighted by Crippen LogP contribution is 2.19. The molecule has 2 atom stereocenters. The molecule has 0 amide bonds. The van der Waals surface area contributed by atoms with E-state index in [1.807, 2.05) is 0 Å². The van der Waals surface area contributed by atoms with Crippen LogP contribution in [0.15, 0.2) is 0 Å². The van der Waals surface area contributed by atoms with E-state index in [2.05, 4.69) is 0 Å². The molecule has 10 heavy (non-hydrogen) atoms. The maximum Gasteiger partial charge on any atom is 0.216 e. The SMILES string of the molecule is CC1CCC(=O)C(F)C1=O. The molecule has 0 bridgehead atoms. The van der Waals surface area contributed by atoms with Crippen LogP contribution in [-0.4, -0.2) is 17.7 Å². The van der Waals surface area contributed by atoms with Crippen LogP contribution >= 0.6 is 0 Å². The first-order valence-electron chi connectivity index (χ1n) is 3.33. The van der Waals surface area contributed by atoms with Gasteiger partial charge in [0.25, 0.3) is 0 Å². The number of carbonyl (C=O) groups is 2. The third-order valence-electron chi connectivity index (χ3n) is 1.84. The smallest absolute Gasteiger partial charge is 0.216 e. The summed E-state index contributed by atoms with van der Waals surface area (Å²) >= 11 is 0. The van der Waals surface area contributed by atoms with E-state index >= 15 is 0 Å². The third-order valence-corrected chi connectivity index (χ3v) is 1.84. The fourth-order valence-electron chi connectivity index (χ4n) is 1.04. The lowest BCUT2D eigenvalue weighted by Gasteiger charge is -2.17. The fraction of sp³-hybridized carbons (Fsp3) is 0.714. The average molecular weight is 144 g/mol. The highest BCUT2D eigenvalue weighted by Gasteiger charge is 2.34. The van der Waals surface area contributed by atoms with Crippen LogP contribution < -0.4 is 0 Å². The molecule has 0 aromatic heterocycles. The van der Waals surface area contributed by atoms with Crippen molar-refractivity contribution in [3.8, 4) is 0 Å². The lowest BCUT2D eigenvalue weighted by Crippen LogP contribution is -2.35. The number of rotatable bonds is 0. The van der Waals surface area contributed by atoms with Crippen molar-refractivity contribution in [3.63, 3.8) is 0 Å². The topological polar surface area (TPSA) is 34.1 Å². The van der Waals surface area contributed by atoms with Crippen LogP contribution in [0.3, 0.4) is 0 Å². The van der Waals surface area contributed by atoms with Crippen molar-refractivity contribution >= 4 is 11.6 Å². The Morgan fingerprint density at radius 3 is 2.60 bits per heavy atom. The lowest BCUT2D eigenvalue weighted by atomic mass is 9.87. The molecular formula is C7H9FO2. The van der Waals surface area contributed by atoms with Crippen molar-refractivity contribution < 1.29 is 14.0 Å². The highest BCUT2D eigenvalue weighted by atomic mass is 19.1. The van der Waals surface area contributed by atoms with Gasteiger partial charge in [0.1, 0.15) is 0 Å². The van der Waals surface area contributed by atoms with E-state index < -0.39 is 17.7 Å². The van der Waals surface area contributed by atoms with Gasteiger partial charge in [0, 0.05) is 12.3 Å². The first-order chi connectivity index (χ1) is 4.63. The van der Waals surface area contributed by atoms with Crippen LogP contribution in [0.4, 0.5) is 4.39 Å². The molecule has 1 aliphatic rings. The van der Waals surface area contributed by atoms with E-state index in [1.54, 1.807) is 6.92 Å². The van der Waals surface area contributed by atoms with Crippen molar-refractivity contribution in [1.82, 2.24) is 0 Å². The normalized spacial score (nSPS) is 34.6. The first-order valence-corrected chi connectivity index (χ1v) is 3.33. The molecule has 1 rings (SSSR count). The summed E-state index contributed by atoms with van der Waals surface area (Å²) in [7, 11) is 0. The number of alkyl halides is 1. The highest BCUT2D eigenvalue weighted by molar-refractivity contribution is 6.07. The van der Waals surface area contributed by atoms with Crippen LogP contribution in [0.1, 0.15) is 19.8 Å². The zero-order valence-electron chi connectivity index (χ0n) is 5.76. The average Bonchev–Trinajstić information content (AvgIpc) is 1.93. The Morgan fingerprint density at radius 2 is 2.10 bits per heavy atom. The number of ketones is 2. The van der Waals surface area contributed by atoms with Gasteiger partial charge >= 0.3 is 0 Å². The predicted octanol–water partition coefficient (Wildman–Crippen LogP) is 0.893. The molecule has 0 radical (unpaired) electrons. The van der Waals surface area contributed by atoms with E-state index in [1.165, 1.54) is 0 Å². The Hall–Kier alpha value is -0.730. The molecule has 2 unspecified atom stereocenters. The van der Waals surface area contributed by atoms with Gasteiger partial charge in [-0.25, -0.2) is 4.39 Å². The number of halogens is 1. The Kier molecular flexibility index (Phi) is 1.83. The van der Waals surface area contributed by atoms with Crippen molar-refractivity contribution in [2.75, 3.05) is 0 Å². The molecule has 0 saturated heterocycles. The van der Waals surface area contributed by atoms with E-state index in [4.69, 9.17) is 0 Å².